The number of aromatic nitrogens is 1. The number of nitrogens with zero attached hydrogens (tertiary/aromatic N) is 2. The molecule has 1 heterocycles. The van der Waals surface area contributed by atoms with Gasteiger partial charge in [0, 0.05) is 11.6 Å². The number of nitrogens with two attached hydrogens (primary N) is 1. The molecule has 0 aliphatic carbocycles. The van der Waals surface area contributed by atoms with E-state index in [4.69, 9.17) is 10.9 Å². The van der Waals surface area contributed by atoms with Crippen molar-refractivity contribution in [1.29, 1.82) is 0 Å². The summed E-state index contributed by atoms with van der Waals surface area (Å²) in [5.74, 6) is 0.509. The van der Waals surface area contributed by atoms with Gasteiger partial charge in [-0.25, -0.2) is 4.98 Å². The van der Waals surface area contributed by atoms with Crippen molar-refractivity contribution in [2.45, 2.75) is 0 Å². The van der Waals surface area contributed by atoms with E-state index in [0.717, 1.165) is 16.3 Å². The lowest BCUT2D eigenvalue weighted by Gasteiger charge is -2.00. The van der Waals surface area contributed by atoms with Gasteiger partial charge in [-0.15, -0.1) is 0 Å². The average molecular weight is 187 g/mol. The van der Waals surface area contributed by atoms with Crippen LogP contribution in [-0.4, -0.2) is 16.4 Å². The van der Waals surface area contributed by atoms with Crippen molar-refractivity contribution in [1.82, 2.24) is 4.98 Å². The summed E-state index contributed by atoms with van der Waals surface area (Å²) in [4.78, 5) is 3.98. The number of pyridine rings is 1. The maximum absolute atomic E-state index is 8.38. The number of fused-ring (bicyclic) bond motifs is 1. The fourth-order valence-corrected chi connectivity index (χ4v) is 1.37. The molecule has 0 fully saturated rings. The third-order valence-electron chi connectivity index (χ3n) is 2.03. The lowest BCUT2D eigenvalue weighted by Crippen LogP contribution is -1.91. The largest absolute Gasteiger partial charge is 0.411 e. The second kappa shape index (κ2) is 3.33. The Morgan fingerprint density at radius 1 is 1.36 bits per heavy atom. The van der Waals surface area contributed by atoms with Crippen molar-refractivity contribution in [2.24, 2.45) is 5.16 Å². The van der Waals surface area contributed by atoms with Gasteiger partial charge in [-0.1, -0.05) is 17.3 Å². The smallest absolute Gasteiger partial charge is 0.131 e. The Balaban J connectivity index is 2.67. The minimum atomic E-state index is 0.509. The highest BCUT2D eigenvalue weighted by Gasteiger charge is 1.98. The van der Waals surface area contributed by atoms with E-state index >= 15 is 0 Å². The molecule has 1 aromatic carbocycles. The molecule has 0 saturated heterocycles. The molecule has 70 valence electrons. The maximum atomic E-state index is 8.38. The lowest BCUT2D eigenvalue weighted by molar-refractivity contribution is 0.322. The van der Waals surface area contributed by atoms with Crippen molar-refractivity contribution in [2.75, 3.05) is 5.73 Å². The lowest BCUT2D eigenvalue weighted by atomic mass is 10.1. The number of hydrogen-bond acceptors (Lipinski definition) is 4. The van der Waals surface area contributed by atoms with Crippen LogP contribution < -0.4 is 5.73 Å². The van der Waals surface area contributed by atoms with Crippen molar-refractivity contribution in [3.8, 4) is 0 Å². The second-order valence-electron chi connectivity index (χ2n) is 2.92. The van der Waals surface area contributed by atoms with E-state index in [9.17, 15) is 0 Å². The summed E-state index contributed by atoms with van der Waals surface area (Å²) < 4.78 is 0. The first-order chi connectivity index (χ1) is 6.81. The van der Waals surface area contributed by atoms with Crippen LogP contribution in [-0.2, 0) is 0 Å². The summed E-state index contributed by atoms with van der Waals surface area (Å²) in [6, 6.07) is 7.42. The number of oxime groups is 1. The molecular formula is C10H9N3O. The summed E-state index contributed by atoms with van der Waals surface area (Å²) >= 11 is 0. The molecule has 0 aliphatic heterocycles. The van der Waals surface area contributed by atoms with Crippen molar-refractivity contribution < 1.29 is 5.21 Å². The molecule has 0 atom stereocenters. The molecular weight excluding hydrogens is 178 g/mol. The minimum Gasteiger partial charge on any atom is -0.411 e. The predicted octanol–water partition coefficient (Wildman–Crippen LogP) is 1.63. The predicted molar refractivity (Wildman–Crippen MR) is 55.5 cm³/mol. The van der Waals surface area contributed by atoms with E-state index in [2.05, 4.69) is 10.1 Å². The Morgan fingerprint density at radius 3 is 3.00 bits per heavy atom. The van der Waals surface area contributed by atoms with Gasteiger partial charge in [0.2, 0.25) is 0 Å². The Morgan fingerprint density at radius 2 is 2.21 bits per heavy atom. The zero-order chi connectivity index (χ0) is 9.97. The van der Waals surface area contributed by atoms with Crippen LogP contribution >= 0.6 is 0 Å². The van der Waals surface area contributed by atoms with Gasteiger partial charge in [0.05, 0.1) is 6.21 Å². The Kier molecular flexibility index (Phi) is 2.02. The summed E-state index contributed by atoms with van der Waals surface area (Å²) in [5.41, 5.74) is 6.51. The molecule has 0 saturated carbocycles. The molecule has 0 unspecified atom stereocenters. The van der Waals surface area contributed by atoms with Crippen LogP contribution in [0.1, 0.15) is 5.56 Å². The molecule has 4 heteroatoms. The average Bonchev–Trinajstić information content (AvgIpc) is 2.18. The van der Waals surface area contributed by atoms with Gasteiger partial charge in [0.1, 0.15) is 5.82 Å². The Labute approximate surface area is 80.7 Å². The minimum absolute atomic E-state index is 0.509. The summed E-state index contributed by atoms with van der Waals surface area (Å²) in [5, 5.41) is 13.2. The van der Waals surface area contributed by atoms with Crippen LogP contribution in [0, 0.1) is 0 Å². The quantitative estimate of drug-likeness (QED) is 0.405. The molecule has 4 nitrogen and oxygen atoms in total. The molecule has 0 bridgehead atoms. The number of benzene rings is 1. The third kappa shape index (κ3) is 1.37. The fraction of sp³-hybridized carbons (Fsp3) is 0. The van der Waals surface area contributed by atoms with Gasteiger partial charge in [-0.05, 0) is 23.1 Å². The number of hydrogen-bond donors (Lipinski definition) is 2. The zero-order valence-corrected chi connectivity index (χ0v) is 7.38. The van der Waals surface area contributed by atoms with Crippen LogP contribution in [0.2, 0.25) is 0 Å². The molecule has 0 spiro atoms. The van der Waals surface area contributed by atoms with Crippen molar-refractivity contribution in [3.63, 3.8) is 0 Å². The van der Waals surface area contributed by atoms with Gasteiger partial charge >= 0.3 is 0 Å². The summed E-state index contributed by atoms with van der Waals surface area (Å²) in [6.45, 7) is 0. The zero-order valence-electron chi connectivity index (χ0n) is 7.38. The molecule has 0 radical (unpaired) electrons. The van der Waals surface area contributed by atoms with Crippen LogP contribution in [0.5, 0.6) is 0 Å². The van der Waals surface area contributed by atoms with E-state index < -0.39 is 0 Å². The maximum Gasteiger partial charge on any atom is 0.131 e. The first-order valence-electron chi connectivity index (χ1n) is 4.13. The Bertz CT molecular complexity index is 494. The molecule has 0 aliphatic rings. The molecule has 1 aromatic heterocycles. The van der Waals surface area contributed by atoms with E-state index in [-0.39, 0.29) is 0 Å². The molecule has 3 N–H and O–H groups in total. The Hall–Kier alpha value is -2.10. The molecule has 14 heavy (non-hydrogen) atoms. The SMILES string of the molecule is Nc1nccc2cc(C=NO)ccc12. The van der Waals surface area contributed by atoms with E-state index in [1.54, 1.807) is 6.20 Å². The number of anilines is 1. The monoisotopic (exact) mass is 187 g/mol. The number of nitrogen functional groups attached to an aromatic ring is 1. The second-order valence-corrected chi connectivity index (χ2v) is 2.92. The van der Waals surface area contributed by atoms with Crippen LogP contribution in [0.3, 0.4) is 0 Å². The highest BCUT2D eigenvalue weighted by atomic mass is 16.4. The van der Waals surface area contributed by atoms with Crippen LogP contribution in [0.25, 0.3) is 10.8 Å². The van der Waals surface area contributed by atoms with Gasteiger partial charge in [-0.3, -0.25) is 0 Å². The van der Waals surface area contributed by atoms with Crippen LogP contribution in [0.4, 0.5) is 5.82 Å². The topological polar surface area (TPSA) is 71.5 Å². The van der Waals surface area contributed by atoms with Gasteiger partial charge in [0.15, 0.2) is 0 Å². The highest BCUT2D eigenvalue weighted by molar-refractivity contribution is 5.95. The van der Waals surface area contributed by atoms with Crippen molar-refractivity contribution in [3.05, 3.63) is 36.0 Å². The first-order valence-corrected chi connectivity index (χ1v) is 4.13. The molecule has 2 aromatic rings. The van der Waals surface area contributed by atoms with E-state index in [1.807, 2.05) is 24.3 Å². The van der Waals surface area contributed by atoms with Crippen LogP contribution in [0.15, 0.2) is 35.6 Å². The standard InChI is InChI=1S/C10H9N3O/c11-10-9-2-1-7(6-13-14)5-8(9)3-4-12-10/h1-6,14H,(H2,11,12). The molecule has 0 amide bonds. The number of rotatable bonds is 1. The normalized spacial score (nSPS) is 11.1. The van der Waals surface area contributed by atoms with Crippen molar-refractivity contribution >= 4 is 22.8 Å². The van der Waals surface area contributed by atoms with E-state index in [0.29, 0.717) is 5.82 Å². The van der Waals surface area contributed by atoms with Gasteiger partial charge in [0.25, 0.3) is 0 Å². The first kappa shape index (κ1) is 8.50. The van der Waals surface area contributed by atoms with Gasteiger partial charge in [-0.2, -0.15) is 0 Å². The molecule has 2 rings (SSSR count). The summed E-state index contributed by atoms with van der Waals surface area (Å²) in [7, 11) is 0. The van der Waals surface area contributed by atoms with E-state index in [1.165, 1.54) is 6.21 Å². The highest BCUT2D eigenvalue weighted by Crippen LogP contribution is 2.18. The van der Waals surface area contributed by atoms with Gasteiger partial charge < -0.3 is 10.9 Å². The summed E-state index contributed by atoms with van der Waals surface area (Å²) in [6.07, 6.45) is 3.02. The fourth-order valence-electron chi connectivity index (χ4n) is 1.37. The third-order valence-corrected chi connectivity index (χ3v) is 2.03.